The van der Waals surface area contributed by atoms with Gasteiger partial charge in [-0.1, -0.05) is 6.92 Å². The Morgan fingerprint density at radius 2 is 2.33 bits per heavy atom. The second-order valence-electron chi connectivity index (χ2n) is 5.63. The van der Waals surface area contributed by atoms with Gasteiger partial charge in [0, 0.05) is 26.3 Å². The molecule has 21 heavy (non-hydrogen) atoms. The minimum atomic E-state index is -0.0785. The van der Waals surface area contributed by atoms with Gasteiger partial charge >= 0.3 is 0 Å². The summed E-state index contributed by atoms with van der Waals surface area (Å²) in [6.45, 7) is 7.00. The number of rotatable bonds is 6. The average molecular weight is 290 g/mol. The molecule has 116 valence electrons. The molecule has 2 heterocycles. The van der Waals surface area contributed by atoms with Crippen LogP contribution in [0.3, 0.4) is 0 Å². The van der Waals surface area contributed by atoms with Crippen LogP contribution in [0.25, 0.3) is 0 Å². The molecule has 1 amide bonds. The second-order valence-corrected chi connectivity index (χ2v) is 5.63. The molecular formula is C16H26N4O. The van der Waals surface area contributed by atoms with E-state index in [9.17, 15) is 4.79 Å². The third-order valence-corrected chi connectivity index (χ3v) is 3.94. The van der Waals surface area contributed by atoms with Crippen LogP contribution in [-0.2, 0) is 11.3 Å². The van der Waals surface area contributed by atoms with Crippen molar-refractivity contribution in [3.63, 3.8) is 0 Å². The number of likely N-dealkylation sites (N-methyl/N-ethyl adjacent to an activating group) is 1. The summed E-state index contributed by atoms with van der Waals surface area (Å²) in [6.07, 6.45) is 5.00. The van der Waals surface area contributed by atoms with Gasteiger partial charge in [-0.2, -0.15) is 0 Å². The van der Waals surface area contributed by atoms with Gasteiger partial charge in [0.2, 0.25) is 5.91 Å². The van der Waals surface area contributed by atoms with Gasteiger partial charge in [-0.3, -0.25) is 4.79 Å². The smallest absolute Gasteiger partial charge is 0.242 e. The molecule has 0 bridgehead atoms. The van der Waals surface area contributed by atoms with E-state index < -0.39 is 0 Å². The summed E-state index contributed by atoms with van der Waals surface area (Å²) in [5, 5.41) is 6.14. The van der Waals surface area contributed by atoms with Crippen molar-refractivity contribution >= 4 is 11.7 Å². The van der Waals surface area contributed by atoms with E-state index in [1.165, 1.54) is 5.56 Å². The van der Waals surface area contributed by atoms with Crippen LogP contribution in [0.5, 0.6) is 0 Å². The van der Waals surface area contributed by atoms with Crippen LogP contribution in [0.2, 0.25) is 0 Å². The zero-order valence-corrected chi connectivity index (χ0v) is 13.3. The second kappa shape index (κ2) is 7.41. The van der Waals surface area contributed by atoms with Crippen molar-refractivity contribution in [3.05, 3.63) is 23.4 Å². The molecule has 2 rings (SSSR count). The maximum Gasteiger partial charge on any atom is 0.242 e. The molecule has 1 aliphatic rings. The standard InChI is InChI=1S/C16H26N4O/c1-4-7-18-10-13-9-12(2)15(19-11-13)20-8-5-6-14(20)16(21)17-3/h9,11,14,18H,4-8,10H2,1-3H3,(H,17,21). The quantitative estimate of drug-likeness (QED) is 0.782. The van der Waals surface area contributed by atoms with Gasteiger partial charge in [0.15, 0.2) is 0 Å². The van der Waals surface area contributed by atoms with Crippen molar-refractivity contribution in [2.75, 3.05) is 25.0 Å². The molecule has 1 saturated heterocycles. The largest absolute Gasteiger partial charge is 0.357 e. The summed E-state index contributed by atoms with van der Waals surface area (Å²) in [6, 6.07) is 2.09. The molecular weight excluding hydrogens is 264 g/mol. The number of amides is 1. The van der Waals surface area contributed by atoms with Crippen molar-refractivity contribution in [2.24, 2.45) is 0 Å². The number of aryl methyl sites for hydroxylation is 1. The molecule has 1 aromatic rings. The highest BCUT2D eigenvalue weighted by molar-refractivity contribution is 5.85. The van der Waals surface area contributed by atoms with E-state index in [0.717, 1.165) is 50.3 Å². The lowest BCUT2D eigenvalue weighted by Crippen LogP contribution is -2.42. The molecule has 0 radical (unpaired) electrons. The summed E-state index contributed by atoms with van der Waals surface area (Å²) in [5.41, 5.74) is 2.34. The predicted octanol–water partition coefficient (Wildman–Crippen LogP) is 1.60. The maximum atomic E-state index is 12.0. The van der Waals surface area contributed by atoms with E-state index in [0.29, 0.717) is 0 Å². The lowest BCUT2D eigenvalue weighted by Gasteiger charge is -2.26. The fourth-order valence-corrected chi connectivity index (χ4v) is 2.89. The number of hydrogen-bond donors (Lipinski definition) is 2. The van der Waals surface area contributed by atoms with E-state index in [2.05, 4.69) is 40.4 Å². The molecule has 1 aliphatic heterocycles. The molecule has 1 fully saturated rings. The van der Waals surface area contributed by atoms with Crippen molar-refractivity contribution in [1.29, 1.82) is 0 Å². The van der Waals surface area contributed by atoms with Gasteiger partial charge in [0.25, 0.3) is 0 Å². The van der Waals surface area contributed by atoms with Gasteiger partial charge in [-0.05, 0) is 49.9 Å². The molecule has 0 saturated carbocycles. The predicted molar refractivity (Wildman–Crippen MR) is 85.4 cm³/mol. The summed E-state index contributed by atoms with van der Waals surface area (Å²) in [5.74, 6) is 1.03. The maximum absolute atomic E-state index is 12.0. The molecule has 1 atom stereocenters. The first-order chi connectivity index (χ1) is 10.2. The lowest BCUT2D eigenvalue weighted by molar-refractivity contribution is -0.121. The first kappa shape index (κ1) is 15.8. The Balaban J connectivity index is 2.11. The highest BCUT2D eigenvalue weighted by Gasteiger charge is 2.31. The average Bonchev–Trinajstić information content (AvgIpc) is 2.96. The fourth-order valence-electron chi connectivity index (χ4n) is 2.89. The molecule has 0 spiro atoms. The number of nitrogens with zero attached hydrogens (tertiary/aromatic N) is 2. The Morgan fingerprint density at radius 1 is 1.52 bits per heavy atom. The minimum Gasteiger partial charge on any atom is -0.357 e. The number of carbonyl (C=O) groups excluding carboxylic acids is 1. The first-order valence-electron chi connectivity index (χ1n) is 7.81. The molecule has 2 N–H and O–H groups in total. The number of carbonyl (C=O) groups is 1. The van der Waals surface area contributed by atoms with E-state index in [1.807, 2.05) is 6.20 Å². The van der Waals surface area contributed by atoms with Crippen LogP contribution in [-0.4, -0.2) is 37.1 Å². The molecule has 1 aromatic heterocycles. The molecule has 5 heteroatoms. The lowest BCUT2D eigenvalue weighted by atomic mass is 10.1. The number of hydrogen-bond acceptors (Lipinski definition) is 4. The van der Waals surface area contributed by atoms with Crippen molar-refractivity contribution in [1.82, 2.24) is 15.6 Å². The summed E-state index contributed by atoms with van der Waals surface area (Å²) < 4.78 is 0. The van der Waals surface area contributed by atoms with Crippen LogP contribution < -0.4 is 15.5 Å². The van der Waals surface area contributed by atoms with E-state index >= 15 is 0 Å². The van der Waals surface area contributed by atoms with Crippen LogP contribution in [0.4, 0.5) is 5.82 Å². The Morgan fingerprint density at radius 3 is 3.00 bits per heavy atom. The third kappa shape index (κ3) is 3.73. The zero-order valence-electron chi connectivity index (χ0n) is 13.3. The van der Waals surface area contributed by atoms with Gasteiger partial charge in [0.1, 0.15) is 11.9 Å². The normalized spacial score (nSPS) is 18.0. The summed E-state index contributed by atoms with van der Waals surface area (Å²) >= 11 is 0. The SMILES string of the molecule is CCCNCc1cnc(N2CCCC2C(=O)NC)c(C)c1. The zero-order chi connectivity index (χ0) is 15.2. The van der Waals surface area contributed by atoms with Crippen molar-refractivity contribution < 1.29 is 4.79 Å². The van der Waals surface area contributed by atoms with Gasteiger partial charge in [0.05, 0.1) is 0 Å². The highest BCUT2D eigenvalue weighted by Crippen LogP contribution is 2.27. The van der Waals surface area contributed by atoms with E-state index in [1.54, 1.807) is 7.05 Å². The van der Waals surface area contributed by atoms with Crippen molar-refractivity contribution in [2.45, 2.75) is 45.7 Å². The monoisotopic (exact) mass is 290 g/mol. The number of anilines is 1. The van der Waals surface area contributed by atoms with Crippen LogP contribution >= 0.6 is 0 Å². The van der Waals surface area contributed by atoms with Crippen LogP contribution in [0, 0.1) is 6.92 Å². The van der Waals surface area contributed by atoms with Crippen LogP contribution in [0.1, 0.15) is 37.3 Å². The van der Waals surface area contributed by atoms with Gasteiger partial charge in [-0.15, -0.1) is 0 Å². The minimum absolute atomic E-state index is 0.0785. The highest BCUT2D eigenvalue weighted by atomic mass is 16.2. The topological polar surface area (TPSA) is 57.3 Å². The number of pyridine rings is 1. The Bertz CT molecular complexity index is 489. The Labute approximate surface area is 127 Å². The Hall–Kier alpha value is -1.62. The molecule has 5 nitrogen and oxygen atoms in total. The summed E-state index contributed by atoms with van der Waals surface area (Å²) in [7, 11) is 1.70. The van der Waals surface area contributed by atoms with Crippen molar-refractivity contribution in [3.8, 4) is 0 Å². The van der Waals surface area contributed by atoms with Gasteiger partial charge in [-0.25, -0.2) is 4.98 Å². The molecule has 0 aliphatic carbocycles. The Kier molecular flexibility index (Phi) is 5.56. The van der Waals surface area contributed by atoms with E-state index in [4.69, 9.17) is 0 Å². The number of aromatic nitrogens is 1. The first-order valence-corrected chi connectivity index (χ1v) is 7.81. The molecule has 0 aromatic carbocycles. The summed E-state index contributed by atoms with van der Waals surface area (Å²) in [4.78, 5) is 18.7. The fraction of sp³-hybridized carbons (Fsp3) is 0.625. The number of nitrogens with one attached hydrogen (secondary N) is 2. The van der Waals surface area contributed by atoms with Gasteiger partial charge < -0.3 is 15.5 Å². The van der Waals surface area contributed by atoms with E-state index in [-0.39, 0.29) is 11.9 Å². The van der Waals surface area contributed by atoms with Crippen LogP contribution in [0.15, 0.2) is 12.3 Å². The molecule has 1 unspecified atom stereocenters. The third-order valence-electron chi connectivity index (χ3n) is 3.94.